The Morgan fingerprint density at radius 1 is 1.24 bits per heavy atom. The summed E-state index contributed by atoms with van der Waals surface area (Å²) in [5.74, 6) is 0.683. The first-order valence-electron chi connectivity index (χ1n) is 6.29. The molecule has 2 aromatic carbocycles. The number of halogens is 1. The van der Waals surface area contributed by atoms with Crippen LogP contribution >= 0.6 is 15.9 Å². The van der Waals surface area contributed by atoms with Crippen LogP contribution in [0.5, 0.6) is 11.5 Å². The zero-order chi connectivity index (χ0) is 15.6. The highest BCUT2D eigenvalue weighted by atomic mass is 79.9. The maximum atomic E-state index is 11.2. The normalized spacial score (nSPS) is 12.0. The molecule has 0 saturated heterocycles. The van der Waals surface area contributed by atoms with Gasteiger partial charge in [-0.1, -0.05) is 28.1 Å². The number of benzene rings is 2. The Balaban J connectivity index is 2.44. The van der Waals surface area contributed by atoms with Gasteiger partial charge in [-0.05, 0) is 43.2 Å². The number of hydrogen-bond donors (Lipinski definition) is 1. The van der Waals surface area contributed by atoms with Gasteiger partial charge in [0, 0.05) is 10.5 Å². The number of nitro benzene ring substituents is 1. The number of ether oxygens (including phenoxy) is 1. The van der Waals surface area contributed by atoms with Crippen LogP contribution < -0.4 is 4.74 Å². The SMILES string of the molecule is Cc1ccc(Br)cc1Oc1ccc(C(C)O)cc1[N+](=O)[O-]. The van der Waals surface area contributed by atoms with Crippen LogP contribution in [0.3, 0.4) is 0 Å². The van der Waals surface area contributed by atoms with Gasteiger partial charge >= 0.3 is 5.69 Å². The van der Waals surface area contributed by atoms with Gasteiger partial charge in [0.15, 0.2) is 0 Å². The van der Waals surface area contributed by atoms with Gasteiger partial charge in [0.25, 0.3) is 0 Å². The molecule has 0 spiro atoms. The van der Waals surface area contributed by atoms with Crippen molar-refractivity contribution in [3.63, 3.8) is 0 Å². The molecule has 21 heavy (non-hydrogen) atoms. The molecule has 1 N–H and O–H groups in total. The van der Waals surface area contributed by atoms with Crippen LogP contribution in [0, 0.1) is 17.0 Å². The fourth-order valence-electron chi connectivity index (χ4n) is 1.83. The predicted octanol–water partition coefficient (Wildman–Crippen LogP) is 4.51. The fraction of sp³-hybridized carbons (Fsp3) is 0.200. The molecule has 0 bridgehead atoms. The molecule has 5 nitrogen and oxygen atoms in total. The van der Waals surface area contributed by atoms with Crippen LogP contribution in [-0.4, -0.2) is 10.0 Å². The van der Waals surface area contributed by atoms with E-state index < -0.39 is 11.0 Å². The lowest BCUT2D eigenvalue weighted by Crippen LogP contribution is -1.98. The third-order valence-electron chi connectivity index (χ3n) is 3.03. The van der Waals surface area contributed by atoms with Crippen LogP contribution in [0.4, 0.5) is 5.69 Å². The van der Waals surface area contributed by atoms with Crippen molar-refractivity contribution < 1.29 is 14.8 Å². The molecule has 0 radical (unpaired) electrons. The summed E-state index contributed by atoms with van der Waals surface area (Å²) in [6.45, 7) is 3.41. The molecule has 0 aromatic heterocycles. The number of nitrogens with zero attached hydrogens (tertiary/aromatic N) is 1. The van der Waals surface area contributed by atoms with E-state index in [0.717, 1.165) is 10.0 Å². The lowest BCUT2D eigenvalue weighted by molar-refractivity contribution is -0.385. The van der Waals surface area contributed by atoms with Gasteiger partial charge in [-0.25, -0.2) is 0 Å². The second-order valence-electron chi connectivity index (χ2n) is 4.67. The van der Waals surface area contributed by atoms with Crippen molar-refractivity contribution in [3.8, 4) is 11.5 Å². The van der Waals surface area contributed by atoms with Crippen molar-refractivity contribution in [1.29, 1.82) is 0 Å². The third kappa shape index (κ3) is 3.59. The summed E-state index contributed by atoms with van der Waals surface area (Å²) < 4.78 is 6.49. The summed E-state index contributed by atoms with van der Waals surface area (Å²) in [5, 5.41) is 20.7. The van der Waals surface area contributed by atoms with Crippen LogP contribution in [0.15, 0.2) is 40.9 Å². The molecule has 0 saturated carbocycles. The van der Waals surface area contributed by atoms with Gasteiger partial charge in [-0.3, -0.25) is 10.1 Å². The van der Waals surface area contributed by atoms with Gasteiger partial charge in [-0.2, -0.15) is 0 Å². The van der Waals surface area contributed by atoms with Crippen molar-refractivity contribution in [1.82, 2.24) is 0 Å². The minimum atomic E-state index is -0.773. The van der Waals surface area contributed by atoms with Crippen molar-refractivity contribution in [2.45, 2.75) is 20.0 Å². The van der Waals surface area contributed by atoms with Crippen molar-refractivity contribution in [2.75, 3.05) is 0 Å². The van der Waals surface area contributed by atoms with Gasteiger partial charge in [0.05, 0.1) is 11.0 Å². The maximum Gasteiger partial charge on any atom is 0.311 e. The third-order valence-corrected chi connectivity index (χ3v) is 3.53. The predicted molar refractivity (Wildman–Crippen MR) is 82.7 cm³/mol. The summed E-state index contributed by atoms with van der Waals surface area (Å²) >= 11 is 3.34. The molecule has 0 heterocycles. The van der Waals surface area contributed by atoms with E-state index in [1.807, 2.05) is 19.1 Å². The van der Waals surface area contributed by atoms with E-state index in [4.69, 9.17) is 4.74 Å². The quantitative estimate of drug-likeness (QED) is 0.649. The lowest BCUT2D eigenvalue weighted by atomic mass is 10.1. The monoisotopic (exact) mass is 351 g/mol. The maximum absolute atomic E-state index is 11.2. The van der Waals surface area contributed by atoms with Crippen molar-refractivity contribution in [2.24, 2.45) is 0 Å². The standard InChI is InChI=1S/C15H14BrNO4/c1-9-3-5-12(16)8-15(9)21-14-6-4-11(10(2)18)7-13(14)17(19)20/h3-8,10,18H,1-2H3. The Morgan fingerprint density at radius 2 is 1.95 bits per heavy atom. The molecule has 0 amide bonds. The first-order valence-corrected chi connectivity index (χ1v) is 7.08. The minimum absolute atomic E-state index is 0.144. The van der Waals surface area contributed by atoms with E-state index in [1.54, 1.807) is 19.1 Å². The number of nitro groups is 1. The first-order chi connectivity index (χ1) is 9.88. The van der Waals surface area contributed by atoms with E-state index in [9.17, 15) is 15.2 Å². The van der Waals surface area contributed by atoms with Gasteiger partial charge in [0.1, 0.15) is 5.75 Å². The van der Waals surface area contributed by atoms with E-state index in [-0.39, 0.29) is 11.4 Å². The zero-order valence-electron chi connectivity index (χ0n) is 11.5. The number of aliphatic hydroxyl groups excluding tert-OH is 1. The van der Waals surface area contributed by atoms with Crippen LogP contribution in [-0.2, 0) is 0 Å². The molecular formula is C15H14BrNO4. The number of aryl methyl sites for hydroxylation is 1. The lowest BCUT2D eigenvalue weighted by Gasteiger charge is -2.11. The minimum Gasteiger partial charge on any atom is -0.450 e. The first kappa shape index (κ1) is 15.5. The van der Waals surface area contributed by atoms with E-state index in [0.29, 0.717) is 11.3 Å². The molecule has 1 unspecified atom stereocenters. The summed E-state index contributed by atoms with van der Waals surface area (Å²) in [4.78, 5) is 10.7. The van der Waals surface area contributed by atoms with Gasteiger partial charge in [-0.15, -0.1) is 0 Å². The average Bonchev–Trinajstić information content (AvgIpc) is 2.42. The number of hydrogen-bond acceptors (Lipinski definition) is 4. The van der Waals surface area contributed by atoms with Crippen LogP contribution in [0.1, 0.15) is 24.2 Å². The van der Waals surface area contributed by atoms with Gasteiger partial charge < -0.3 is 9.84 Å². The highest BCUT2D eigenvalue weighted by Crippen LogP contribution is 2.35. The second-order valence-corrected chi connectivity index (χ2v) is 5.59. The summed E-state index contributed by atoms with van der Waals surface area (Å²) in [6, 6.07) is 9.92. The fourth-order valence-corrected chi connectivity index (χ4v) is 2.17. The van der Waals surface area contributed by atoms with Crippen molar-refractivity contribution >= 4 is 21.6 Å². The van der Waals surface area contributed by atoms with Crippen LogP contribution in [0.25, 0.3) is 0 Å². The molecule has 1 atom stereocenters. The zero-order valence-corrected chi connectivity index (χ0v) is 13.1. The summed E-state index contributed by atoms with van der Waals surface area (Å²) in [7, 11) is 0. The van der Waals surface area contributed by atoms with Crippen LogP contribution in [0.2, 0.25) is 0 Å². The Hall–Kier alpha value is -1.92. The Bertz CT molecular complexity index is 685. The van der Waals surface area contributed by atoms with E-state index >= 15 is 0 Å². The Labute approximate surface area is 130 Å². The molecular weight excluding hydrogens is 338 g/mol. The average molecular weight is 352 g/mol. The Morgan fingerprint density at radius 3 is 2.57 bits per heavy atom. The topological polar surface area (TPSA) is 72.6 Å². The summed E-state index contributed by atoms with van der Waals surface area (Å²) in [6.07, 6.45) is -0.773. The highest BCUT2D eigenvalue weighted by Gasteiger charge is 2.19. The van der Waals surface area contributed by atoms with E-state index in [2.05, 4.69) is 15.9 Å². The molecule has 2 aromatic rings. The Kier molecular flexibility index (Phi) is 4.59. The molecule has 0 aliphatic heterocycles. The molecule has 2 rings (SSSR count). The molecule has 110 valence electrons. The highest BCUT2D eigenvalue weighted by molar-refractivity contribution is 9.10. The largest absolute Gasteiger partial charge is 0.450 e. The van der Waals surface area contributed by atoms with E-state index in [1.165, 1.54) is 12.1 Å². The number of rotatable bonds is 4. The molecule has 0 fully saturated rings. The molecule has 0 aliphatic carbocycles. The van der Waals surface area contributed by atoms with Crippen molar-refractivity contribution in [3.05, 3.63) is 62.1 Å². The van der Waals surface area contributed by atoms with Gasteiger partial charge in [0.2, 0.25) is 5.75 Å². The smallest absolute Gasteiger partial charge is 0.311 e. The second kappa shape index (κ2) is 6.24. The summed E-state index contributed by atoms with van der Waals surface area (Å²) in [5.41, 5.74) is 1.17. The number of aliphatic hydroxyl groups is 1. The molecule has 6 heteroatoms. The molecule has 0 aliphatic rings.